The van der Waals surface area contributed by atoms with E-state index in [4.69, 9.17) is 0 Å². The molecule has 21 heavy (non-hydrogen) atoms. The molecule has 1 aliphatic rings. The Morgan fingerprint density at radius 3 is 2.86 bits per heavy atom. The van der Waals surface area contributed by atoms with Crippen LogP contribution in [0.25, 0.3) is 0 Å². The fourth-order valence-electron chi connectivity index (χ4n) is 2.66. The number of hydrogen-bond acceptors (Lipinski definition) is 2. The number of fused-ring (bicyclic) bond motifs is 1. The van der Waals surface area contributed by atoms with Crippen molar-refractivity contribution < 1.29 is 9.18 Å². The van der Waals surface area contributed by atoms with Crippen LogP contribution >= 0.6 is 0 Å². The SMILES string of the molecule is Cc1cc(F)ccc1C(=O)N1CCCNc2ccccc21. The maximum absolute atomic E-state index is 13.2. The summed E-state index contributed by atoms with van der Waals surface area (Å²) in [6.45, 7) is 3.25. The molecule has 0 saturated heterocycles. The third-order valence-corrected chi connectivity index (χ3v) is 3.73. The minimum Gasteiger partial charge on any atom is -0.383 e. The van der Waals surface area contributed by atoms with Crippen molar-refractivity contribution in [2.45, 2.75) is 13.3 Å². The minimum absolute atomic E-state index is 0.0800. The summed E-state index contributed by atoms with van der Waals surface area (Å²) in [5, 5.41) is 3.33. The molecule has 0 bridgehead atoms. The van der Waals surface area contributed by atoms with E-state index >= 15 is 0 Å². The second-order valence-corrected chi connectivity index (χ2v) is 5.21. The van der Waals surface area contributed by atoms with Gasteiger partial charge in [-0.3, -0.25) is 4.79 Å². The maximum Gasteiger partial charge on any atom is 0.258 e. The normalized spacial score (nSPS) is 14.1. The first-order valence-corrected chi connectivity index (χ1v) is 7.08. The Labute approximate surface area is 123 Å². The lowest BCUT2D eigenvalue weighted by molar-refractivity contribution is 0.0986. The van der Waals surface area contributed by atoms with Crippen LogP contribution in [0.2, 0.25) is 0 Å². The van der Waals surface area contributed by atoms with Crippen molar-refractivity contribution in [1.29, 1.82) is 0 Å². The summed E-state index contributed by atoms with van der Waals surface area (Å²) in [7, 11) is 0. The molecule has 1 amide bonds. The van der Waals surface area contributed by atoms with Gasteiger partial charge in [-0.1, -0.05) is 12.1 Å². The number of anilines is 2. The van der Waals surface area contributed by atoms with Gasteiger partial charge in [0.25, 0.3) is 5.91 Å². The average Bonchev–Trinajstić information content (AvgIpc) is 2.69. The lowest BCUT2D eigenvalue weighted by atomic mass is 10.1. The Kier molecular flexibility index (Phi) is 3.60. The molecular weight excluding hydrogens is 267 g/mol. The van der Waals surface area contributed by atoms with Gasteiger partial charge in [-0.15, -0.1) is 0 Å². The summed E-state index contributed by atoms with van der Waals surface area (Å²) < 4.78 is 13.2. The zero-order chi connectivity index (χ0) is 14.8. The van der Waals surface area contributed by atoms with Gasteiger partial charge in [0.05, 0.1) is 11.4 Å². The lowest BCUT2D eigenvalue weighted by Gasteiger charge is -2.23. The molecule has 108 valence electrons. The van der Waals surface area contributed by atoms with Crippen molar-refractivity contribution in [3.63, 3.8) is 0 Å². The molecule has 0 radical (unpaired) electrons. The number of nitrogens with one attached hydrogen (secondary N) is 1. The van der Waals surface area contributed by atoms with Gasteiger partial charge in [0, 0.05) is 18.7 Å². The molecule has 0 spiro atoms. The zero-order valence-corrected chi connectivity index (χ0v) is 11.9. The molecule has 1 aliphatic heterocycles. The van der Waals surface area contributed by atoms with Gasteiger partial charge in [-0.2, -0.15) is 0 Å². The van der Waals surface area contributed by atoms with E-state index in [1.54, 1.807) is 17.9 Å². The predicted molar refractivity (Wildman–Crippen MR) is 82.4 cm³/mol. The van der Waals surface area contributed by atoms with Crippen LogP contribution in [0.1, 0.15) is 22.3 Å². The molecule has 4 heteroatoms. The van der Waals surface area contributed by atoms with Crippen molar-refractivity contribution >= 4 is 17.3 Å². The highest BCUT2D eigenvalue weighted by Crippen LogP contribution is 2.29. The number of benzene rings is 2. The summed E-state index contributed by atoms with van der Waals surface area (Å²) in [4.78, 5) is 14.6. The van der Waals surface area contributed by atoms with Crippen LogP contribution in [0, 0.1) is 12.7 Å². The van der Waals surface area contributed by atoms with Crippen molar-refractivity contribution in [1.82, 2.24) is 0 Å². The molecule has 2 aromatic rings. The minimum atomic E-state index is -0.318. The Morgan fingerprint density at radius 2 is 2.05 bits per heavy atom. The summed E-state index contributed by atoms with van der Waals surface area (Å²) in [6, 6.07) is 12.1. The van der Waals surface area contributed by atoms with Crippen molar-refractivity contribution in [2.24, 2.45) is 0 Å². The van der Waals surface area contributed by atoms with E-state index in [0.717, 1.165) is 24.3 Å². The molecule has 0 aliphatic carbocycles. The van der Waals surface area contributed by atoms with E-state index in [0.29, 0.717) is 17.7 Å². The molecule has 1 heterocycles. The van der Waals surface area contributed by atoms with Crippen LogP contribution in [0.3, 0.4) is 0 Å². The van der Waals surface area contributed by atoms with Gasteiger partial charge in [0.2, 0.25) is 0 Å². The monoisotopic (exact) mass is 284 g/mol. The second kappa shape index (κ2) is 5.56. The molecule has 0 fully saturated rings. The number of aryl methyl sites for hydroxylation is 1. The number of nitrogens with zero attached hydrogens (tertiary/aromatic N) is 1. The number of rotatable bonds is 1. The largest absolute Gasteiger partial charge is 0.383 e. The standard InChI is InChI=1S/C17H17FN2O/c1-12-11-13(18)7-8-14(12)17(21)20-10-4-9-19-15-5-2-3-6-16(15)20/h2-3,5-8,11,19H,4,9-10H2,1H3. The predicted octanol–water partition coefficient (Wildman–Crippen LogP) is 3.60. The molecule has 3 rings (SSSR count). The molecule has 0 saturated carbocycles. The van der Waals surface area contributed by atoms with Gasteiger partial charge >= 0.3 is 0 Å². The Bertz CT molecular complexity index is 684. The highest BCUT2D eigenvalue weighted by molar-refractivity contribution is 6.08. The molecule has 1 N–H and O–H groups in total. The van der Waals surface area contributed by atoms with Gasteiger partial charge in [0.15, 0.2) is 0 Å². The Morgan fingerprint density at radius 1 is 1.24 bits per heavy atom. The highest BCUT2D eigenvalue weighted by atomic mass is 19.1. The van der Waals surface area contributed by atoms with Crippen LogP contribution in [-0.2, 0) is 0 Å². The molecule has 0 atom stereocenters. The number of amides is 1. The van der Waals surface area contributed by atoms with Gasteiger partial charge in [0.1, 0.15) is 5.82 Å². The van der Waals surface area contributed by atoms with Crippen LogP contribution in [0.15, 0.2) is 42.5 Å². The van der Waals surface area contributed by atoms with E-state index in [-0.39, 0.29) is 11.7 Å². The van der Waals surface area contributed by atoms with Gasteiger partial charge in [-0.25, -0.2) is 4.39 Å². The highest BCUT2D eigenvalue weighted by Gasteiger charge is 2.23. The third kappa shape index (κ3) is 2.61. The smallest absolute Gasteiger partial charge is 0.258 e. The molecule has 3 nitrogen and oxygen atoms in total. The molecule has 2 aromatic carbocycles. The molecule has 0 aromatic heterocycles. The fourth-order valence-corrected chi connectivity index (χ4v) is 2.66. The molecular formula is C17H17FN2O. The number of halogens is 1. The number of para-hydroxylation sites is 2. The van der Waals surface area contributed by atoms with Crippen LogP contribution < -0.4 is 10.2 Å². The summed E-state index contributed by atoms with van der Waals surface area (Å²) in [6.07, 6.45) is 0.876. The van der Waals surface area contributed by atoms with Crippen molar-refractivity contribution in [2.75, 3.05) is 23.3 Å². The topological polar surface area (TPSA) is 32.3 Å². The van der Waals surface area contributed by atoms with Crippen molar-refractivity contribution in [3.8, 4) is 0 Å². The number of hydrogen-bond donors (Lipinski definition) is 1. The third-order valence-electron chi connectivity index (χ3n) is 3.73. The Balaban J connectivity index is 2.01. The van der Waals surface area contributed by atoms with E-state index < -0.39 is 0 Å². The van der Waals surface area contributed by atoms with Crippen molar-refractivity contribution in [3.05, 3.63) is 59.4 Å². The zero-order valence-electron chi connectivity index (χ0n) is 11.9. The van der Waals surface area contributed by atoms with E-state index in [1.807, 2.05) is 24.3 Å². The van der Waals surface area contributed by atoms with Gasteiger partial charge in [-0.05, 0) is 49.2 Å². The first kappa shape index (κ1) is 13.6. The number of carbonyl (C=O) groups is 1. The van der Waals surface area contributed by atoms with E-state index in [1.165, 1.54) is 12.1 Å². The fraction of sp³-hybridized carbons (Fsp3) is 0.235. The summed E-state index contributed by atoms with van der Waals surface area (Å²) >= 11 is 0. The first-order chi connectivity index (χ1) is 10.2. The van der Waals surface area contributed by atoms with E-state index in [2.05, 4.69) is 5.32 Å². The maximum atomic E-state index is 13.2. The summed E-state index contributed by atoms with van der Waals surface area (Å²) in [5.41, 5.74) is 3.05. The second-order valence-electron chi connectivity index (χ2n) is 5.21. The first-order valence-electron chi connectivity index (χ1n) is 7.08. The number of carbonyl (C=O) groups excluding carboxylic acids is 1. The van der Waals surface area contributed by atoms with Crippen LogP contribution in [0.4, 0.5) is 15.8 Å². The van der Waals surface area contributed by atoms with E-state index in [9.17, 15) is 9.18 Å². The van der Waals surface area contributed by atoms with Crippen LogP contribution in [-0.4, -0.2) is 19.0 Å². The average molecular weight is 284 g/mol. The summed E-state index contributed by atoms with van der Waals surface area (Å²) in [5.74, 6) is -0.398. The molecule has 0 unspecified atom stereocenters. The van der Waals surface area contributed by atoms with Crippen LogP contribution in [0.5, 0.6) is 0 Å². The quantitative estimate of drug-likeness (QED) is 0.868. The van der Waals surface area contributed by atoms with Gasteiger partial charge < -0.3 is 10.2 Å². The lowest BCUT2D eigenvalue weighted by Crippen LogP contribution is -2.32. The Hall–Kier alpha value is -2.36.